The van der Waals surface area contributed by atoms with Crippen molar-refractivity contribution in [2.45, 2.75) is 25.1 Å². The highest BCUT2D eigenvalue weighted by atomic mass is 35.5. The van der Waals surface area contributed by atoms with Crippen LogP contribution in [0.4, 0.5) is 0 Å². The van der Waals surface area contributed by atoms with Gasteiger partial charge in [0.05, 0.1) is 18.7 Å². The molecule has 0 fully saturated rings. The van der Waals surface area contributed by atoms with Crippen LogP contribution in [0.5, 0.6) is 0 Å². The SMILES string of the molecule is CN(Cc1nnc(-c2ccccc2)o1)[C@@H]1c2cc(Cl)cc(Cl)c2C[C@@H]1O. The Morgan fingerprint density at radius 1 is 1.19 bits per heavy atom. The van der Waals surface area contributed by atoms with Gasteiger partial charge in [-0.25, -0.2) is 0 Å². The number of aliphatic hydroxyl groups is 1. The third kappa shape index (κ3) is 3.23. The predicted octanol–water partition coefficient (Wildman–Crippen LogP) is 4.13. The smallest absolute Gasteiger partial charge is 0.247 e. The molecule has 7 heteroatoms. The van der Waals surface area contributed by atoms with Gasteiger partial charge in [-0.1, -0.05) is 41.4 Å². The zero-order valence-corrected chi connectivity index (χ0v) is 15.6. The molecular weight excluding hydrogens is 373 g/mol. The lowest BCUT2D eigenvalue weighted by Crippen LogP contribution is -2.30. The molecule has 1 aromatic heterocycles. The fourth-order valence-electron chi connectivity index (χ4n) is 3.49. The minimum atomic E-state index is -0.567. The first-order valence-electron chi connectivity index (χ1n) is 8.27. The highest BCUT2D eigenvalue weighted by Crippen LogP contribution is 2.41. The number of fused-ring (bicyclic) bond motifs is 1. The van der Waals surface area contributed by atoms with E-state index in [1.807, 2.05) is 48.3 Å². The van der Waals surface area contributed by atoms with Crippen molar-refractivity contribution in [3.8, 4) is 11.5 Å². The summed E-state index contributed by atoms with van der Waals surface area (Å²) in [5, 5.41) is 19.9. The molecule has 0 saturated heterocycles. The lowest BCUT2D eigenvalue weighted by molar-refractivity contribution is 0.0680. The second kappa shape index (κ2) is 7.00. The molecule has 1 aliphatic rings. The number of aliphatic hydroxyl groups excluding tert-OH is 1. The minimum absolute atomic E-state index is 0.228. The molecule has 1 aliphatic carbocycles. The number of aromatic nitrogens is 2. The van der Waals surface area contributed by atoms with E-state index in [2.05, 4.69) is 10.2 Å². The van der Waals surface area contributed by atoms with Crippen LogP contribution < -0.4 is 0 Å². The Morgan fingerprint density at radius 3 is 2.73 bits per heavy atom. The van der Waals surface area contributed by atoms with Gasteiger partial charge in [0.2, 0.25) is 11.8 Å². The molecule has 5 nitrogen and oxygen atoms in total. The topological polar surface area (TPSA) is 62.4 Å². The normalized spacial score (nSPS) is 19.1. The highest BCUT2D eigenvalue weighted by Gasteiger charge is 2.36. The fourth-order valence-corrected chi connectivity index (χ4v) is 4.07. The lowest BCUT2D eigenvalue weighted by atomic mass is 10.1. The Bertz CT molecular complexity index is 930. The lowest BCUT2D eigenvalue weighted by Gasteiger charge is -2.26. The molecule has 3 aromatic rings. The van der Waals surface area contributed by atoms with E-state index in [4.69, 9.17) is 27.6 Å². The largest absolute Gasteiger partial charge is 0.419 e. The number of nitrogens with zero attached hydrogens (tertiary/aromatic N) is 3. The first-order valence-corrected chi connectivity index (χ1v) is 9.02. The molecular formula is C19H17Cl2N3O2. The summed E-state index contributed by atoms with van der Waals surface area (Å²) < 4.78 is 5.77. The van der Waals surface area contributed by atoms with Gasteiger partial charge in [-0.15, -0.1) is 10.2 Å². The van der Waals surface area contributed by atoms with Gasteiger partial charge < -0.3 is 9.52 Å². The minimum Gasteiger partial charge on any atom is -0.419 e. The Labute approximate surface area is 161 Å². The average Bonchev–Trinajstić information content (AvgIpc) is 3.20. The zero-order valence-electron chi connectivity index (χ0n) is 14.1. The summed E-state index contributed by atoms with van der Waals surface area (Å²) in [7, 11) is 1.91. The molecule has 0 saturated carbocycles. The molecule has 0 unspecified atom stereocenters. The second-order valence-electron chi connectivity index (χ2n) is 6.45. The van der Waals surface area contributed by atoms with Crippen molar-refractivity contribution in [2.24, 2.45) is 0 Å². The summed E-state index contributed by atoms with van der Waals surface area (Å²) in [6.07, 6.45) is -0.0677. The van der Waals surface area contributed by atoms with Crippen LogP contribution in [-0.4, -0.2) is 33.4 Å². The monoisotopic (exact) mass is 389 g/mol. The molecule has 2 aromatic carbocycles. The predicted molar refractivity (Wildman–Crippen MR) is 100 cm³/mol. The van der Waals surface area contributed by atoms with Crippen LogP contribution in [0.1, 0.15) is 23.1 Å². The molecule has 1 heterocycles. The number of benzene rings is 2. The maximum atomic E-state index is 10.5. The number of likely N-dealkylation sites (N-methyl/N-ethyl adjacent to an activating group) is 1. The van der Waals surface area contributed by atoms with Gasteiger partial charge in [0.25, 0.3) is 0 Å². The van der Waals surface area contributed by atoms with Gasteiger partial charge in [0, 0.05) is 22.0 Å². The van der Waals surface area contributed by atoms with Crippen molar-refractivity contribution in [2.75, 3.05) is 7.05 Å². The number of hydrogen-bond donors (Lipinski definition) is 1. The van der Waals surface area contributed by atoms with E-state index in [1.165, 1.54) is 0 Å². The van der Waals surface area contributed by atoms with Crippen LogP contribution in [0.2, 0.25) is 10.0 Å². The second-order valence-corrected chi connectivity index (χ2v) is 7.30. The standard InChI is InChI=1S/C19H17Cl2N3O2/c1-24(10-17-22-23-19(26-17)11-5-3-2-4-6-11)18-14-7-12(20)8-15(21)13(14)9-16(18)25/h2-8,16,18,25H,9-10H2,1H3/t16-,18+/m0/s1. The molecule has 0 amide bonds. The third-order valence-corrected chi connectivity index (χ3v) is 5.19. The van der Waals surface area contributed by atoms with E-state index >= 15 is 0 Å². The van der Waals surface area contributed by atoms with Gasteiger partial charge in [-0.3, -0.25) is 4.90 Å². The van der Waals surface area contributed by atoms with Crippen molar-refractivity contribution in [1.82, 2.24) is 15.1 Å². The Morgan fingerprint density at radius 2 is 1.96 bits per heavy atom. The van der Waals surface area contributed by atoms with Crippen LogP contribution in [0.25, 0.3) is 11.5 Å². The van der Waals surface area contributed by atoms with Crippen LogP contribution in [0.15, 0.2) is 46.9 Å². The van der Waals surface area contributed by atoms with Gasteiger partial charge in [0.1, 0.15) is 0 Å². The van der Waals surface area contributed by atoms with Crippen LogP contribution >= 0.6 is 23.2 Å². The van der Waals surface area contributed by atoms with Gasteiger partial charge in [0.15, 0.2) is 0 Å². The van der Waals surface area contributed by atoms with E-state index < -0.39 is 6.10 Å². The maximum Gasteiger partial charge on any atom is 0.247 e. The quantitative estimate of drug-likeness (QED) is 0.726. The summed E-state index contributed by atoms with van der Waals surface area (Å²) in [5.41, 5.74) is 2.76. The average molecular weight is 390 g/mol. The van der Waals surface area contributed by atoms with E-state index in [1.54, 1.807) is 6.07 Å². The Hall–Kier alpha value is -1.92. The van der Waals surface area contributed by atoms with Crippen LogP contribution in [-0.2, 0) is 13.0 Å². The zero-order chi connectivity index (χ0) is 18.3. The van der Waals surface area contributed by atoms with Crippen LogP contribution in [0.3, 0.4) is 0 Å². The Balaban J connectivity index is 1.56. The molecule has 0 radical (unpaired) electrons. The molecule has 0 bridgehead atoms. The molecule has 1 N–H and O–H groups in total. The maximum absolute atomic E-state index is 10.5. The van der Waals surface area contributed by atoms with E-state index in [9.17, 15) is 5.11 Å². The third-order valence-electron chi connectivity index (χ3n) is 4.64. The Kier molecular flexibility index (Phi) is 4.71. The van der Waals surface area contributed by atoms with Crippen molar-refractivity contribution in [3.63, 3.8) is 0 Å². The fraction of sp³-hybridized carbons (Fsp3) is 0.263. The van der Waals surface area contributed by atoms with Crippen molar-refractivity contribution in [3.05, 3.63) is 69.5 Å². The number of rotatable bonds is 4. The molecule has 2 atom stereocenters. The van der Waals surface area contributed by atoms with Crippen molar-refractivity contribution in [1.29, 1.82) is 0 Å². The van der Waals surface area contributed by atoms with E-state index in [0.29, 0.717) is 34.8 Å². The number of halogens is 2. The van der Waals surface area contributed by atoms with Gasteiger partial charge in [-0.2, -0.15) is 0 Å². The van der Waals surface area contributed by atoms with Crippen molar-refractivity contribution < 1.29 is 9.52 Å². The molecule has 26 heavy (non-hydrogen) atoms. The summed E-state index contributed by atoms with van der Waals surface area (Å²) in [5.74, 6) is 0.965. The van der Waals surface area contributed by atoms with Gasteiger partial charge in [-0.05, 0) is 42.4 Å². The first kappa shape index (κ1) is 17.5. The molecule has 134 valence electrons. The van der Waals surface area contributed by atoms with E-state index in [-0.39, 0.29) is 6.04 Å². The summed E-state index contributed by atoms with van der Waals surface area (Å²) in [4.78, 5) is 1.98. The van der Waals surface area contributed by atoms with Gasteiger partial charge >= 0.3 is 0 Å². The van der Waals surface area contributed by atoms with Crippen LogP contribution in [0, 0.1) is 0 Å². The summed E-state index contributed by atoms with van der Waals surface area (Å²) in [6, 6.07) is 13.0. The summed E-state index contributed by atoms with van der Waals surface area (Å²) in [6.45, 7) is 0.408. The van der Waals surface area contributed by atoms with E-state index in [0.717, 1.165) is 16.7 Å². The first-order chi connectivity index (χ1) is 12.5. The van der Waals surface area contributed by atoms with Crippen molar-refractivity contribution >= 4 is 23.2 Å². The number of hydrogen-bond acceptors (Lipinski definition) is 5. The molecule has 0 aliphatic heterocycles. The molecule has 0 spiro atoms. The summed E-state index contributed by atoms with van der Waals surface area (Å²) >= 11 is 12.4. The highest BCUT2D eigenvalue weighted by molar-refractivity contribution is 6.35. The molecule has 4 rings (SSSR count).